The van der Waals surface area contributed by atoms with E-state index in [1.54, 1.807) is 18.2 Å². The third-order valence-electron chi connectivity index (χ3n) is 4.14. The molecule has 6 heteroatoms. The number of fused-ring (bicyclic) bond motifs is 1. The number of aromatic amines is 1. The molecule has 3 N–H and O–H groups in total. The summed E-state index contributed by atoms with van der Waals surface area (Å²) >= 11 is 0. The molecule has 3 rings (SSSR count). The number of amides is 1. The first-order chi connectivity index (χ1) is 12.5. The molecule has 2 aromatic carbocycles. The van der Waals surface area contributed by atoms with Gasteiger partial charge in [0.1, 0.15) is 5.82 Å². The normalized spacial score (nSPS) is 10.8. The number of aromatic carboxylic acids is 1. The summed E-state index contributed by atoms with van der Waals surface area (Å²) in [5, 5.41) is 11.9. The highest BCUT2D eigenvalue weighted by Gasteiger charge is 2.08. The molecule has 134 valence electrons. The lowest BCUT2D eigenvalue weighted by atomic mass is 10.1. The lowest BCUT2D eigenvalue weighted by Crippen LogP contribution is -2.10. The van der Waals surface area contributed by atoms with Crippen LogP contribution in [0.5, 0.6) is 0 Å². The molecule has 1 aromatic heterocycles. The predicted octanol–water partition coefficient (Wildman–Crippen LogP) is 3.78. The second-order valence-electron chi connectivity index (χ2n) is 6.22. The van der Waals surface area contributed by atoms with Crippen molar-refractivity contribution in [1.29, 1.82) is 0 Å². The number of hydrogen-bond acceptors (Lipinski definition) is 3. The number of aromatic nitrogens is 2. The van der Waals surface area contributed by atoms with Gasteiger partial charge in [0, 0.05) is 18.5 Å². The van der Waals surface area contributed by atoms with Crippen LogP contribution in [0, 0.1) is 0 Å². The Kier molecular flexibility index (Phi) is 5.31. The fourth-order valence-corrected chi connectivity index (χ4v) is 2.78. The average molecular weight is 351 g/mol. The Bertz CT molecular complexity index is 929. The van der Waals surface area contributed by atoms with Crippen molar-refractivity contribution in [3.05, 3.63) is 59.4 Å². The van der Waals surface area contributed by atoms with Crippen molar-refractivity contribution in [2.45, 2.75) is 32.6 Å². The van der Waals surface area contributed by atoms with Crippen LogP contribution < -0.4 is 5.32 Å². The molecule has 26 heavy (non-hydrogen) atoms. The zero-order valence-electron chi connectivity index (χ0n) is 14.6. The van der Waals surface area contributed by atoms with Gasteiger partial charge in [-0.15, -0.1) is 0 Å². The van der Waals surface area contributed by atoms with Crippen LogP contribution >= 0.6 is 0 Å². The molecule has 0 aliphatic carbocycles. The number of carboxylic acid groups (broad SMARTS) is 1. The monoisotopic (exact) mass is 351 g/mol. The number of nitrogens with one attached hydrogen (secondary N) is 2. The Morgan fingerprint density at radius 3 is 2.58 bits per heavy atom. The first kappa shape index (κ1) is 17.7. The van der Waals surface area contributed by atoms with Crippen molar-refractivity contribution >= 4 is 28.6 Å². The maximum Gasteiger partial charge on any atom is 0.335 e. The highest BCUT2D eigenvalue weighted by molar-refractivity contribution is 5.92. The third-order valence-corrected chi connectivity index (χ3v) is 4.14. The van der Waals surface area contributed by atoms with E-state index in [-0.39, 0.29) is 11.5 Å². The molecular weight excluding hydrogens is 330 g/mol. The average Bonchev–Trinajstić information content (AvgIpc) is 3.03. The number of hydrogen-bond donors (Lipinski definition) is 3. The maximum atomic E-state index is 11.6. The SMILES string of the molecule is CCCC(=O)Nc1ccc(CCc2nc3ccc(C(=O)O)cc3[nH]2)cc1. The molecular formula is C20H21N3O3. The summed E-state index contributed by atoms with van der Waals surface area (Å²) in [6.07, 6.45) is 2.88. The first-order valence-corrected chi connectivity index (χ1v) is 8.66. The van der Waals surface area contributed by atoms with E-state index in [4.69, 9.17) is 5.11 Å². The van der Waals surface area contributed by atoms with Gasteiger partial charge in [-0.1, -0.05) is 19.1 Å². The van der Waals surface area contributed by atoms with E-state index in [0.717, 1.165) is 47.4 Å². The Morgan fingerprint density at radius 2 is 1.88 bits per heavy atom. The summed E-state index contributed by atoms with van der Waals surface area (Å²) in [5.74, 6) is -0.0970. The molecule has 1 amide bonds. The van der Waals surface area contributed by atoms with Crippen molar-refractivity contribution in [2.75, 3.05) is 5.32 Å². The number of carbonyl (C=O) groups is 2. The van der Waals surface area contributed by atoms with Crippen molar-refractivity contribution in [3.63, 3.8) is 0 Å². The van der Waals surface area contributed by atoms with Gasteiger partial charge in [-0.25, -0.2) is 9.78 Å². The fourth-order valence-electron chi connectivity index (χ4n) is 2.78. The predicted molar refractivity (Wildman–Crippen MR) is 100 cm³/mol. The van der Waals surface area contributed by atoms with E-state index in [2.05, 4.69) is 15.3 Å². The van der Waals surface area contributed by atoms with Crippen LogP contribution in [0.1, 0.15) is 41.5 Å². The van der Waals surface area contributed by atoms with E-state index in [1.165, 1.54) is 0 Å². The van der Waals surface area contributed by atoms with Gasteiger partial charge in [0.2, 0.25) is 5.91 Å². The highest BCUT2D eigenvalue weighted by Crippen LogP contribution is 2.16. The summed E-state index contributed by atoms with van der Waals surface area (Å²) in [5.41, 5.74) is 3.68. The number of H-pyrrole nitrogens is 1. The number of anilines is 1. The van der Waals surface area contributed by atoms with Crippen LogP contribution in [0.4, 0.5) is 5.69 Å². The number of aryl methyl sites for hydroxylation is 2. The number of nitrogens with zero attached hydrogens (tertiary/aromatic N) is 1. The van der Waals surface area contributed by atoms with Crippen molar-refractivity contribution < 1.29 is 14.7 Å². The number of carbonyl (C=O) groups excluding carboxylic acids is 1. The summed E-state index contributed by atoms with van der Waals surface area (Å²) in [7, 11) is 0. The first-order valence-electron chi connectivity index (χ1n) is 8.66. The van der Waals surface area contributed by atoms with Crippen molar-refractivity contribution in [3.8, 4) is 0 Å². The largest absolute Gasteiger partial charge is 0.478 e. The quantitative estimate of drug-likeness (QED) is 0.603. The lowest BCUT2D eigenvalue weighted by molar-refractivity contribution is -0.116. The number of carboxylic acids is 1. The molecule has 1 heterocycles. The zero-order valence-corrected chi connectivity index (χ0v) is 14.6. The molecule has 3 aromatic rings. The molecule has 0 spiro atoms. The maximum absolute atomic E-state index is 11.6. The molecule has 6 nitrogen and oxygen atoms in total. The van der Waals surface area contributed by atoms with Gasteiger partial charge in [-0.2, -0.15) is 0 Å². The minimum absolute atomic E-state index is 0.0308. The molecule has 0 aliphatic rings. The van der Waals surface area contributed by atoms with Gasteiger partial charge in [0.05, 0.1) is 16.6 Å². The molecule has 0 atom stereocenters. The van der Waals surface area contributed by atoms with Crippen LogP contribution in [0.3, 0.4) is 0 Å². The Morgan fingerprint density at radius 1 is 1.12 bits per heavy atom. The molecule has 0 radical (unpaired) electrons. The summed E-state index contributed by atoms with van der Waals surface area (Å²) < 4.78 is 0. The van der Waals surface area contributed by atoms with E-state index < -0.39 is 5.97 Å². The smallest absolute Gasteiger partial charge is 0.335 e. The van der Waals surface area contributed by atoms with Crippen LogP contribution in [0.25, 0.3) is 11.0 Å². The van der Waals surface area contributed by atoms with Gasteiger partial charge in [-0.05, 0) is 48.7 Å². The summed E-state index contributed by atoms with van der Waals surface area (Å²) in [4.78, 5) is 30.3. The number of rotatable bonds is 7. The third kappa shape index (κ3) is 4.27. The lowest BCUT2D eigenvalue weighted by Gasteiger charge is -2.05. The second-order valence-corrected chi connectivity index (χ2v) is 6.22. The van der Waals surface area contributed by atoms with Crippen LogP contribution in [0.15, 0.2) is 42.5 Å². The van der Waals surface area contributed by atoms with E-state index >= 15 is 0 Å². The topological polar surface area (TPSA) is 95.1 Å². The van der Waals surface area contributed by atoms with Crippen LogP contribution in [-0.4, -0.2) is 27.0 Å². The van der Waals surface area contributed by atoms with Crippen LogP contribution in [0.2, 0.25) is 0 Å². The molecule has 0 saturated heterocycles. The Labute approximate surface area is 151 Å². The van der Waals surface area contributed by atoms with Crippen molar-refractivity contribution in [2.24, 2.45) is 0 Å². The minimum Gasteiger partial charge on any atom is -0.478 e. The summed E-state index contributed by atoms with van der Waals surface area (Å²) in [6, 6.07) is 12.7. The van der Waals surface area contributed by atoms with Gasteiger partial charge in [0.25, 0.3) is 0 Å². The summed E-state index contributed by atoms with van der Waals surface area (Å²) in [6.45, 7) is 1.98. The molecule has 0 saturated carbocycles. The highest BCUT2D eigenvalue weighted by atomic mass is 16.4. The van der Waals surface area contributed by atoms with Gasteiger partial charge < -0.3 is 15.4 Å². The molecule has 0 unspecified atom stereocenters. The minimum atomic E-state index is -0.950. The molecule has 0 aliphatic heterocycles. The second kappa shape index (κ2) is 7.82. The Hall–Kier alpha value is -3.15. The number of benzene rings is 2. The molecule has 0 bridgehead atoms. The van der Waals surface area contributed by atoms with Gasteiger partial charge in [0.15, 0.2) is 0 Å². The van der Waals surface area contributed by atoms with E-state index in [9.17, 15) is 9.59 Å². The van der Waals surface area contributed by atoms with E-state index in [0.29, 0.717) is 6.42 Å². The Balaban J connectivity index is 1.62. The molecule has 0 fully saturated rings. The van der Waals surface area contributed by atoms with Crippen molar-refractivity contribution in [1.82, 2.24) is 9.97 Å². The van der Waals surface area contributed by atoms with E-state index in [1.807, 2.05) is 31.2 Å². The zero-order chi connectivity index (χ0) is 18.5. The van der Waals surface area contributed by atoms with Gasteiger partial charge >= 0.3 is 5.97 Å². The number of imidazole rings is 1. The standard InChI is InChI=1S/C20H21N3O3/c1-2-3-19(24)21-15-8-4-13(5-9-15)6-11-18-22-16-10-7-14(20(25)26)12-17(16)23-18/h4-5,7-10,12H,2-3,6,11H2,1H3,(H,21,24)(H,22,23)(H,25,26). The van der Waals surface area contributed by atoms with Crippen LogP contribution in [-0.2, 0) is 17.6 Å². The van der Waals surface area contributed by atoms with Gasteiger partial charge in [-0.3, -0.25) is 4.79 Å². The fraction of sp³-hybridized carbons (Fsp3) is 0.250.